The Morgan fingerprint density at radius 3 is 2.50 bits per heavy atom. The molecule has 0 aliphatic heterocycles. The summed E-state index contributed by atoms with van der Waals surface area (Å²) in [5.41, 5.74) is 1.72. The Morgan fingerprint density at radius 2 is 1.83 bits per heavy atom. The van der Waals surface area contributed by atoms with Gasteiger partial charge in [0.25, 0.3) is 0 Å². The minimum Gasteiger partial charge on any atom is -0.292 e. The first kappa shape index (κ1) is 13.0. The first-order chi connectivity index (χ1) is 8.72. The highest BCUT2D eigenvalue weighted by atomic mass is 35.5. The maximum atomic E-state index is 12.0. The number of nitrogens with zero attached hydrogens (tertiary/aromatic N) is 2. The standard InChI is InChI=1S/C14H15ClN2O/c1-2-3-4-9-12(18)13-14(15)17-11-8-6-5-7-10(11)16-13/h5-8H,2-4,9H2,1H3. The van der Waals surface area contributed by atoms with E-state index in [1.165, 1.54) is 0 Å². The zero-order valence-corrected chi connectivity index (χ0v) is 11.1. The second-order valence-electron chi connectivity index (χ2n) is 4.23. The van der Waals surface area contributed by atoms with Crippen molar-refractivity contribution >= 4 is 28.4 Å². The minimum atomic E-state index is -0.0216. The van der Waals surface area contributed by atoms with Crippen LogP contribution in [0.1, 0.15) is 43.1 Å². The zero-order chi connectivity index (χ0) is 13.0. The van der Waals surface area contributed by atoms with Crippen molar-refractivity contribution < 1.29 is 4.79 Å². The summed E-state index contributed by atoms with van der Waals surface area (Å²) in [6.45, 7) is 2.10. The van der Waals surface area contributed by atoms with Gasteiger partial charge in [0.05, 0.1) is 11.0 Å². The molecule has 0 amide bonds. The lowest BCUT2D eigenvalue weighted by Crippen LogP contribution is -2.05. The lowest BCUT2D eigenvalue weighted by atomic mass is 10.1. The predicted octanol–water partition coefficient (Wildman–Crippen LogP) is 4.05. The number of para-hydroxylation sites is 2. The van der Waals surface area contributed by atoms with E-state index in [1.54, 1.807) is 0 Å². The van der Waals surface area contributed by atoms with Gasteiger partial charge in [-0.3, -0.25) is 4.79 Å². The van der Waals surface area contributed by atoms with Crippen LogP contribution in [0.5, 0.6) is 0 Å². The van der Waals surface area contributed by atoms with Gasteiger partial charge in [-0.25, -0.2) is 9.97 Å². The Balaban J connectivity index is 2.27. The van der Waals surface area contributed by atoms with E-state index >= 15 is 0 Å². The normalized spacial score (nSPS) is 10.8. The van der Waals surface area contributed by atoms with Gasteiger partial charge < -0.3 is 0 Å². The first-order valence-electron chi connectivity index (χ1n) is 6.18. The molecule has 1 aromatic heterocycles. The quantitative estimate of drug-likeness (QED) is 0.603. The Labute approximate surface area is 111 Å². The third-order valence-corrected chi connectivity index (χ3v) is 3.06. The highest BCUT2D eigenvalue weighted by molar-refractivity contribution is 6.32. The summed E-state index contributed by atoms with van der Waals surface area (Å²) in [5, 5.41) is 0.204. The number of benzene rings is 1. The molecule has 0 atom stereocenters. The third kappa shape index (κ3) is 2.85. The molecule has 3 nitrogen and oxygen atoms in total. The van der Waals surface area contributed by atoms with E-state index in [2.05, 4.69) is 16.9 Å². The Hall–Kier alpha value is -1.48. The van der Waals surface area contributed by atoms with Crippen molar-refractivity contribution in [3.05, 3.63) is 35.1 Å². The largest absolute Gasteiger partial charge is 0.292 e. The van der Waals surface area contributed by atoms with Crippen LogP contribution in [0.3, 0.4) is 0 Å². The Kier molecular flexibility index (Phi) is 4.26. The Morgan fingerprint density at radius 1 is 1.17 bits per heavy atom. The summed E-state index contributed by atoms with van der Waals surface area (Å²) in [6, 6.07) is 7.41. The maximum absolute atomic E-state index is 12.0. The molecule has 0 unspecified atom stereocenters. The van der Waals surface area contributed by atoms with Gasteiger partial charge in [0.2, 0.25) is 0 Å². The van der Waals surface area contributed by atoms with E-state index in [1.807, 2.05) is 24.3 Å². The number of halogens is 1. The number of hydrogen-bond acceptors (Lipinski definition) is 3. The molecular weight excluding hydrogens is 248 g/mol. The van der Waals surface area contributed by atoms with Crippen LogP contribution in [0.25, 0.3) is 11.0 Å². The average Bonchev–Trinajstić information content (AvgIpc) is 2.38. The molecule has 0 fully saturated rings. The SMILES string of the molecule is CCCCCC(=O)c1nc2ccccc2nc1Cl. The summed E-state index contributed by atoms with van der Waals surface area (Å²) < 4.78 is 0. The molecule has 0 saturated heterocycles. The number of hydrogen-bond donors (Lipinski definition) is 0. The number of carbonyl (C=O) groups excluding carboxylic acids is 1. The van der Waals surface area contributed by atoms with Gasteiger partial charge in [-0.05, 0) is 18.6 Å². The van der Waals surface area contributed by atoms with Crippen LogP contribution in [0.2, 0.25) is 5.15 Å². The van der Waals surface area contributed by atoms with E-state index in [9.17, 15) is 4.79 Å². The van der Waals surface area contributed by atoms with Gasteiger partial charge in [0.15, 0.2) is 10.9 Å². The molecule has 0 saturated carbocycles. The molecule has 1 aromatic carbocycles. The van der Waals surface area contributed by atoms with Crippen molar-refractivity contribution in [2.75, 3.05) is 0 Å². The molecule has 0 aliphatic rings. The fraction of sp³-hybridized carbons (Fsp3) is 0.357. The molecule has 0 bridgehead atoms. The fourth-order valence-electron chi connectivity index (χ4n) is 1.81. The van der Waals surface area contributed by atoms with Gasteiger partial charge in [-0.1, -0.05) is 43.5 Å². The molecule has 0 aliphatic carbocycles. The van der Waals surface area contributed by atoms with E-state index in [0.29, 0.717) is 23.1 Å². The van der Waals surface area contributed by atoms with Crippen molar-refractivity contribution in [3.8, 4) is 0 Å². The summed E-state index contributed by atoms with van der Waals surface area (Å²) in [4.78, 5) is 20.5. The second-order valence-corrected chi connectivity index (χ2v) is 4.59. The van der Waals surface area contributed by atoms with Crippen LogP contribution in [-0.2, 0) is 0 Å². The number of Topliss-reactive ketones (excluding diaryl/α,β-unsaturated/α-hetero) is 1. The highest BCUT2D eigenvalue weighted by Gasteiger charge is 2.14. The monoisotopic (exact) mass is 262 g/mol. The van der Waals surface area contributed by atoms with E-state index in [4.69, 9.17) is 11.6 Å². The van der Waals surface area contributed by atoms with Crippen molar-refractivity contribution in [2.24, 2.45) is 0 Å². The van der Waals surface area contributed by atoms with Crippen LogP contribution in [0.4, 0.5) is 0 Å². The summed E-state index contributed by atoms with van der Waals surface area (Å²) >= 11 is 6.02. The van der Waals surface area contributed by atoms with Crippen molar-refractivity contribution in [1.82, 2.24) is 9.97 Å². The number of carbonyl (C=O) groups is 1. The first-order valence-corrected chi connectivity index (χ1v) is 6.55. The lowest BCUT2D eigenvalue weighted by molar-refractivity contribution is 0.0974. The second kappa shape index (κ2) is 5.91. The van der Waals surface area contributed by atoms with Crippen LogP contribution in [-0.4, -0.2) is 15.8 Å². The van der Waals surface area contributed by atoms with Gasteiger partial charge in [0.1, 0.15) is 5.69 Å². The Bertz CT molecular complexity index is 569. The lowest BCUT2D eigenvalue weighted by Gasteiger charge is -2.04. The predicted molar refractivity (Wildman–Crippen MR) is 73.0 cm³/mol. The van der Waals surface area contributed by atoms with Gasteiger partial charge in [0, 0.05) is 6.42 Å². The van der Waals surface area contributed by atoms with Gasteiger partial charge in [-0.15, -0.1) is 0 Å². The van der Waals surface area contributed by atoms with Crippen LogP contribution < -0.4 is 0 Å². The number of fused-ring (bicyclic) bond motifs is 1. The smallest absolute Gasteiger partial charge is 0.184 e. The van der Waals surface area contributed by atoms with Crippen molar-refractivity contribution in [3.63, 3.8) is 0 Å². The molecule has 2 rings (SSSR count). The number of unbranched alkanes of at least 4 members (excludes halogenated alkanes) is 2. The van der Waals surface area contributed by atoms with Crippen molar-refractivity contribution in [2.45, 2.75) is 32.6 Å². The third-order valence-electron chi connectivity index (χ3n) is 2.80. The minimum absolute atomic E-state index is 0.0216. The van der Waals surface area contributed by atoms with E-state index in [0.717, 1.165) is 19.3 Å². The molecule has 1 heterocycles. The van der Waals surface area contributed by atoms with Gasteiger partial charge >= 0.3 is 0 Å². The number of ketones is 1. The zero-order valence-electron chi connectivity index (χ0n) is 10.3. The van der Waals surface area contributed by atoms with Crippen LogP contribution >= 0.6 is 11.6 Å². The van der Waals surface area contributed by atoms with E-state index < -0.39 is 0 Å². The molecule has 2 aromatic rings. The molecule has 18 heavy (non-hydrogen) atoms. The molecular formula is C14H15ClN2O. The number of rotatable bonds is 5. The molecule has 4 heteroatoms. The van der Waals surface area contributed by atoms with Crippen LogP contribution in [0, 0.1) is 0 Å². The van der Waals surface area contributed by atoms with E-state index in [-0.39, 0.29) is 10.9 Å². The summed E-state index contributed by atoms with van der Waals surface area (Å²) in [6.07, 6.45) is 3.50. The topological polar surface area (TPSA) is 42.9 Å². The number of aromatic nitrogens is 2. The van der Waals surface area contributed by atoms with Gasteiger partial charge in [-0.2, -0.15) is 0 Å². The average molecular weight is 263 g/mol. The molecule has 94 valence electrons. The van der Waals surface area contributed by atoms with Crippen molar-refractivity contribution in [1.29, 1.82) is 0 Å². The highest BCUT2D eigenvalue weighted by Crippen LogP contribution is 2.19. The van der Waals surface area contributed by atoms with Crippen LogP contribution in [0.15, 0.2) is 24.3 Å². The fourth-order valence-corrected chi connectivity index (χ4v) is 2.05. The summed E-state index contributed by atoms with van der Waals surface area (Å²) in [5.74, 6) is -0.0216. The summed E-state index contributed by atoms with van der Waals surface area (Å²) in [7, 11) is 0. The molecule has 0 N–H and O–H groups in total. The maximum Gasteiger partial charge on any atom is 0.184 e. The molecule has 0 radical (unpaired) electrons. The molecule has 0 spiro atoms.